The summed E-state index contributed by atoms with van der Waals surface area (Å²) in [6, 6.07) is 12.8. The second-order valence-electron chi connectivity index (χ2n) is 8.34. The van der Waals surface area contributed by atoms with Gasteiger partial charge >= 0.3 is 0 Å². The first-order valence-corrected chi connectivity index (χ1v) is 10.6. The molecule has 29 heavy (non-hydrogen) atoms. The van der Waals surface area contributed by atoms with Crippen molar-refractivity contribution in [3.05, 3.63) is 59.5 Å². The third kappa shape index (κ3) is 5.15. The van der Waals surface area contributed by atoms with Crippen LogP contribution in [0.15, 0.2) is 47.0 Å². The van der Waals surface area contributed by atoms with Gasteiger partial charge in [-0.25, -0.2) is 4.39 Å². The molecule has 0 amide bonds. The summed E-state index contributed by atoms with van der Waals surface area (Å²) < 4.78 is 24.3. The Morgan fingerprint density at radius 2 is 1.90 bits per heavy atom. The van der Waals surface area contributed by atoms with Crippen molar-refractivity contribution in [3.8, 4) is 5.75 Å². The Hall–Kier alpha value is -2.40. The van der Waals surface area contributed by atoms with Crippen molar-refractivity contribution in [1.82, 2.24) is 10.1 Å². The van der Waals surface area contributed by atoms with Crippen LogP contribution in [0, 0.1) is 11.7 Å². The zero-order valence-electron chi connectivity index (χ0n) is 17.2. The van der Waals surface area contributed by atoms with E-state index in [4.69, 9.17) is 9.26 Å². The lowest BCUT2D eigenvalue weighted by Gasteiger charge is -2.32. The van der Waals surface area contributed by atoms with Gasteiger partial charge in [0.25, 0.3) is 0 Å². The van der Waals surface area contributed by atoms with Crippen LogP contribution in [0.1, 0.15) is 44.4 Å². The predicted molar refractivity (Wildman–Crippen MR) is 112 cm³/mol. The van der Waals surface area contributed by atoms with Gasteiger partial charge in [-0.1, -0.05) is 17.3 Å². The summed E-state index contributed by atoms with van der Waals surface area (Å²) >= 11 is 0. The van der Waals surface area contributed by atoms with Gasteiger partial charge in [0.05, 0.1) is 11.8 Å². The van der Waals surface area contributed by atoms with Gasteiger partial charge in [0.1, 0.15) is 11.6 Å². The van der Waals surface area contributed by atoms with Gasteiger partial charge in [0, 0.05) is 18.0 Å². The fourth-order valence-corrected chi connectivity index (χ4v) is 4.12. The van der Waals surface area contributed by atoms with Crippen molar-refractivity contribution < 1.29 is 13.7 Å². The molecule has 0 N–H and O–H groups in total. The van der Waals surface area contributed by atoms with Crippen molar-refractivity contribution in [3.63, 3.8) is 0 Å². The Kier molecular flexibility index (Phi) is 6.14. The van der Waals surface area contributed by atoms with Gasteiger partial charge in [0.15, 0.2) is 5.58 Å². The van der Waals surface area contributed by atoms with Crippen LogP contribution >= 0.6 is 0 Å². The highest BCUT2D eigenvalue weighted by Crippen LogP contribution is 2.28. The number of aromatic nitrogens is 1. The number of benzene rings is 2. The Morgan fingerprint density at radius 1 is 1.14 bits per heavy atom. The molecule has 3 aromatic rings. The molecule has 1 fully saturated rings. The molecule has 2 aromatic carbocycles. The fourth-order valence-electron chi connectivity index (χ4n) is 4.12. The van der Waals surface area contributed by atoms with Crippen molar-refractivity contribution in [2.45, 2.75) is 52.2 Å². The summed E-state index contributed by atoms with van der Waals surface area (Å²) in [6.45, 7) is 7.12. The van der Waals surface area contributed by atoms with Gasteiger partial charge in [-0.3, -0.25) is 4.90 Å². The molecule has 0 radical (unpaired) electrons. The average molecular weight is 397 g/mol. The van der Waals surface area contributed by atoms with E-state index < -0.39 is 0 Å². The Labute approximate surface area is 171 Å². The van der Waals surface area contributed by atoms with Gasteiger partial charge in [0.2, 0.25) is 0 Å². The third-order valence-corrected chi connectivity index (χ3v) is 5.71. The van der Waals surface area contributed by atoms with E-state index in [-0.39, 0.29) is 11.9 Å². The van der Waals surface area contributed by atoms with Crippen molar-refractivity contribution in [2.75, 3.05) is 13.1 Å². The van der Waals surface area contributed by atoms with E-state index in [0.717, 1.165) is 60.8 Å². The van der Waals surface area contributed by atoms with Crippen LogP contribution < -0.4 is 4.74 Å². The summed E-state index contributed by atoms with van der Waals surface area (Å²) in [7, 11) is 0. The second-order valence-corrected chi connectivity index (χ2v) is 8.34. The summed E-state index contributed by atoms with van der Waals surface area (Å²) in [4.78, 5) is 2.46. The van der Waals surface area contributed by atoms with E-state index in [2.05, 4.69) is 16.1 Å². The van der Waals surface area contributed by atoms with E-state index in [0.29, 0.717) is 0 Å². The van der Waals surface area contributed by atoms with Crippen LogP contribution in [0.5, 0.6) is 5.75 Å². The monoisotopic (exact) mass is 396 g/mol. The summed E-state index contributed by atoms with van der Waals surface area (Å²) in [5, 5.41) is 5.40. The van der Waals surface area contributed by atoms with E-state index in [1.807, 2.05) is 38.1 Å². The highest BCUT2D eigenvalue weighted by atomic mass is 19.1. The summed E-state index contributed by atoms with van der Waals surface area (Å²) in [5.74, 6) is 1.37. The third-order valence-electron chi connectivity index (χ3n) is 5.71. The number of hydrogen-bond donors (Lipinski definition) is 0. The van der Waals surface area contributed by atoms with Gasteiger partial charge in [-0.15, -0.1) is 0 Å². The Balaban J connectivity index is 1.27. The lowest BCUT2D eigenvalue weighted by atomic mass is 9.91. The maximum Gasteiger partial charge on any atom is 0.170 e. The number of fused-ring (bicyclic) bond motifs is 1. The predicted octanol–water partition coefficient (Wildman–Crippen LogP) is 5.60. The fraction of sp³-hybridized carbons (Fsp3) is 0.458. The normalized spacial score (nSPS) is 16.0. The first-order valence-electron chi connectivity index (χ1n) is 10.6. The molecule has 2 heterocycles. The van der Waals surface area contributed by atoms with E-state index in [1.165, 1.54) is 18.4 Å². The van der Waals surface area contributed by atoms with Crippen molar-refractivity contribution in [2.24, 2.45) is 5.92 Å². The standard InChI is InChI=1S/C24H29FN2O2/c1-17(2)28-21-8-9-22-23(26-29-24(22)15-21)10-5-18-11-13-27(14-12-18)16-19-3-6-20(25)7-4-19/h3-4,6-9,15,17-18H,5,10-14,16H2,1-2H3. The number of piperidine rings is 1. The van der Waals surface area contributed by atoms with E-state index >= 15 is 0 Å². The molecule has 1 aliphatic rings. The number of nitrogens with zero attached hydrogens (tertiary/aromatic N) is 2. The SMILES string of the molecule is CC(C)Oc1ccc2c(CCC3CCN(Cc4ccc(F)cc4)CC3)noc2c1. The van der Waals surface area contributed by atoms with Gasteiger partial charge < -0.3 is 9.26 Å². The van der Waals surface area contributed by atoms with Crippen molar-refractivity contribution >= 4 is 11.0 Å². The summed E-state index contributed by atoms with van der Waals surface area (Å²) in [5.41, 5.74) is 3.02. The maximum atomic E-state index is 13.1. The van der Waals surface area contributed by atoms with E-state index in [9.17, 15) is 4.39 Å². The van der Waals surface area contributed by atoms with Gasteiger partial charge in [-0.2, -0.15) is 0 Å². The molecule has 0 unspecified atom stereocenters. The molecule has 1 saturated heterocycles. The molecular weight excluding hydrogens is 367 g/mol. The topological polar surface area (TPSA) is 38.5 Å². The molecule has 0 atom stereocenters. The molecule has 154 valence electrons. The van der Waals surface area contributed by atoms with Crippen molar-refractivity contribution in [1.29, 1.82) is 0 Å². The minimum atomic E-state index is -0.170. The quantitative estimate of drug-likeness (QED) is 0.521. The van der Waals surface area contributed by atoms with Crippen LogP contribution in [-0.4, -0.2) is 29.3 Å². The number of hydrogen-bond acceptors (Lipinski definition) is 4. The lowest BCUT2D eigenvalue weighted by molar-refractivity contribution is 0.172. The minimum Gasteiger partial charge on any atom is -0.491 e. The molecule has 0 bridgehead atoms. The first kappa shape index (κ1) is 19.9. The van der Waals surface area contributed by atoms with Gasteiger partial charge in [-0.05, 0) is 88.4 Å². The van der Waals surface area contributed by atoms with Crippen LogP contribution in [0.2, 0.25) is 0 Å². The molecule has 4 rings (SSSR count). The van der Waals surface area contributed by atoms with Crippen LogP contribution in [0.25, 0.3) is 11.0 Å². The largest absolute Gasteiger partial charge is 0.491 e. The number of rotatable bonds is 7. The molecule has 0 aliphatic carbocycles. The Morgan fingerprint density at radius 3 is 2.62 bits per heavy atom. The first-order chi connectivity index (χ1) is 14.1. The zero-order chi connectivity index (χ0) is 20.2. The lowest BCUT2D eigenvalue weighted by Crippen LogP contribution is -2.33. The summed E-state index contributed by atoms with van der Waals surface area (Å²) in [6.07, 6.45) is 4.62. The highest BCUT2D eigenvalue weighted by molar-refractivity contribution is 5.80. The molecule has 0 saturated carbocycles. The zero-order valence-corrected chi connectivity index (χ0v) is 17.2. The maximum absolute atomic E-state index is 13.1. The Bertz CT molecular complexity index is 928. The number of halogens is 1. The highest BCUT2D eigenvalue weighted by Gasteiger charge is 2.20. The average Bonchev–Trinajstić information content (AvgIpc) is 3.11. The molecule has 0 spiro atoms. The van der Waals surface area contributed by atoms with Crippen LogP contribution in [0.4, 0.5) is 4.39 Å². The number of likely N-dealkylation sites (tertiary alicyclic amines) is 1. The second kappa shape index (κ2) is 8.95. The minimum absolute atomic E-state index is 0.142. The van der Waals surface area contributed by atoms with E-state index in [1.54, 1.807) is 12.1 Å². The molecule has 1 aliphatic heterocycles. The molecular formula is C24H29FN2O2. The molecule has 1 aromatic heterocycles. The smallest absolute Gasteiger partial charge is 0.170 e. The number of ether oxygens (including phenoxy) is 1. The van der Waals surface area contributed by atoms with Crippen LogP contribution in [0.3, 0.4) is 0 Å². The number of aryl methyl sites for hydroxylation is 1. The van der Waals surface area contributed by atoms with Crippen LogP contribution in [-0.2, 0) is 13.0 Å². The molecule has 4 nitrogen and oxygen atoms in total. The molecule has 5 heteroatoms.